The second-order valence-electron chi connectivity index (χ2n) is 7.83. The third-order valence-electron chi connectivity index (χ3n) is 6.23. The fraction of sp³-hybridized carbons (Fsp3) is 0.636. The van der Waals surface area contributed by atoms with Crippen molar-refractivity contribution in [1.82, 2.24) is 5.01 Å². The summed E-state index contributed by atoms with van der Waals surface area (Å²) in [6.07, 6.45) is -2.82. The Kier molecular flexibility index (Phi) is 6.42. The molecule has 10 nitrogen and oxygen atoms in total. The number of rotatable bonds is 10. The predicted molar refractivity (Wildman–Crippen MR) is 113 cm³/mol. The van der Waals surface area contributed by atoms with Gasteiger partial charge in [-0.1, -0.05) is 12.1 Å². The maximum atomic E-state index is 14.3. The maximum absolute atomic E-state index is 14.3. The number of benzene rings is 1. The Morgan fingerprint density at radius 3 is 2.28 bits per heavy atom. The fourth-order valence-corrected chi connectivity index (χ4v) is 5.08. The number of amides is 2. The van der Waals surface area contributed by atoms with Gasteiger partial charge in [-0.2, -0.15) is 0 Å². The van der Waals surface area contributed by atoms with E-state index in [9.17, 15) is 9.59 Å². The number of carbonyl (C=O) groups is 2. The Morgan fingerprint density at radius 1 is 1.06 bits per heavy atom. The van der Waals surface area contributed by atoms with E-state index in [1.54, 1.807) is 0 Å². The topological polar surface area (TPSA) is 113 Å². The molecule has 1 aromatic rings. The number of carbonyl (C=O) groups excluding carboxylic acids is 2. The van der Waals surface area contributed by atoms with Gasteiger partial charge in [-0.25, -0.2) is 15.6 Å². The van der Waals surface area contributed by atoms with Crippen molar-refractivity contribution >= 4 is 17.7 Å². The SMILES string of the molecule is CCOC(OCC)N1C(=O)C2(C(OCC)OCC)CC3C(OC(=O)N3N)c3cccc1c32. The zero-order valence-electron chi connectivity index (χ0n) is 18.9. The van der Waals surface area contributed by atoms with Crippen LogP contribution < -0.4 is 10.7 Å². The van der Waals surface area contributed by atoms with E-state index in [2.05, 4.69) is 0 Å². The summed E-state index contributed by atoms with van der Waals surface area (Å²) in [6.45, 7) is 8.77. The van der Waals surface area contributed by atoms with Gasteiger partial charge in [0.25, 0.3) is 0 Å². The first-order chi connectivity index (χ1) is 15.5. The van der Waals surface area contributed by atoms with Crippen molar-refractivity contribution in [2.45, 2.75) is 64.4 Å². The van der Waals surface area contributed by atoms with Gasteiger partial charge in [0.05, 0.1) is 11.7 Å². The summed E-state index contributed by atoms with van der Waals surface area (Å²) in [4.78, 5) is 28.1. The van der Waals surface area contributed by atoms with Gasteiger partial charge in [-0.15, -0.1) is 0 Å². The van der Waals surface area contributed by atoms with Gasteiger partial charge in [-0.3, -0.25) is 9.69 Å². The highest BCUT2D eigenvalue weighted by Gasteiger charge is 2.66. The molecule has 2 amide bonds. The maximum Gasteiger partial charge on any atom is 0.425 e. The van der Waals surface area contributed by atoms with Crippen molar-refractivity contribution in [3.05, 3.63) is 29.3 Å². The molecule has 0 radical (unpaired) electrons. The van der Waals surface area contributed by atoms with Crippen LogP contribution in [0.1, 0.15) is 51.3 Å². The summed E-state index contributed by atoms with van der Waals surface area (Å²) in [6, 6.07) is 4.98. The van der Waals surface area contributed by atoms with Crippen molar-refractivity contribution in [2.24, 2.45) is 5.84 Å². The van der Waals surface area contributed by atoms with E-state index in [1.807, 2.05) is 45.9 Å². The van der Waals surface area contributed by atoms with E-state index >= 15 is 0 Å². The Balaban J connectivity index is 1.94. The summed E-state index contributed by atoms with van der Waals surface area (Å²) in [5.74, 6) is 5.80. The van der Waals surface area contributed by atoms with Crippen LogP contribution in [0.25, 0.3) is 0 Å². The lowest BCUT2D eigenvalue weighted by molar-refractivity contribution is -0.192. The first kappa shape index (κ1) is 22.9. The first-order valence-electron chi connectivity index (χ1n) is 11.1. The molecule has 32 heavy (non-hydrogen) atoms. The molecule has 0 bridgehead atoms. The van der Waals surface area contributed by atoms with Crippen LogP contribution in [-0.4, -0.2) is 62.2 Å². The molecule has 10 heteroatoms. The van der Waals surface area contributed by atoms with Gasteiger partial charge >= 0.3 is 6.09 Å². The summed E-state index contributed by atoms with van der Waals surface area (Å²) in [7, 11) is 0. The molecule has 4 rings (SSSR count). The molecular weight excluding hydrogens is 418 g/mol. The lowest BCUT2D eigenvalue weighted by Crippen LogP contribution is -2.58. The molecule has 2 N–H and O–H groups in total. The van der Waals surface area contributed by atoms with E-state index < -0.39 is 36.4 Å². The highest BCUT2D eigenvalue weighted by atomic mass is 16.7. The van der Waals surface area contributed by atoms with Crippen LogP contribution in [0.4, 0.5) is 10.5 Å². The van der Waals surface area contributed by atoms with Gasteiger partial charge < -0.3 is 23.7 Å². The Labute approximate surface area is 187 Å². The number of hydrazine groups is 1. The number of hydrogen-bond acceptors (Lipinski definition) is 8. The summed E-state index contributed by atoms with van der Waals surface area (Å²) >= 11 is 0. The smallest absolute Gasteiger partial charge is 0.425 e. The Bertz CT molecular complexity index is 869. The third kappa shape index (κ3) is 3.20. The molecule has 2 aliphatic heterocycles. The largest absolute Gasteiger partial charge is 0.438 e. The van der Waals surface area contributed by atoms with Gasteiger partial charge in [-0.05, 0) is 40.2 Å². The second-order valence-corrected chi connectivity index (χ2v) is 7.83. The number of nitrogens with two attached hydrogens (primary N) is 1. The van der Waals surface area contributed by atoms with Crippen molar-refractivity contribution in [3.63, 3.8) is 0 Å². The number of fused-ring (bicyclic) bond motifs is 2. The zero-order valence-corrected chi connectivity index (χ0v) is 18.9. The van der Waals surface area contributed by atoms with Gasteiger partial charge in [0.15, 0.2) is 12.4 Å². The minimum absolute atomic E-state index is 0.189. The zero-order chi connectivity index (χ0) is 23.0. The lowest BCUT2D eigenvalue weighted by Gasteiger charge is -2.43. The van der Waals surface area contributed by atoms with E-state index in [1.165, 1.54) is 4.90 Å². The van der Waals surface area contributed by atoms with Crippen molar-refractivity contribution < 1.29 is 33.3 Å². The van der Waals surface area contributed by atoms with E-state index in [0.717, 1.165) is 5.01 Å². The molecule has 0 saturated carbocycles. The van der Waals surface area contributed by atoms with Gasteiger partial charge in [0.2, 0.25) is 12.3 Å². The molecule has 1 saturated heterocycles. The highest BCUT2D eigenvalue weighted by molar-refractivity contribution is 6.09. The fourth-order valence-electron chi connectivity index (χ4n) is 5.08. The normalized spacial score (nSPS) is 26.2. The first-order valence-corrected chi connectivity index (χ1v) is 11.1. The Hall–Kier alpha value is -2.24. The molecule has 1 fully saturated rings. The van der Waals surface area contributed by atoms with Crippen LogP contribution in [0, 0.1) is 0 Å². The van der Waals surface area contributed by atoms with Crippen LogP contribution in [0.15, 0.2) is 18.2 Å². The number of anilines is 1. The van der Waals surface area contributed by atoms with Gasteiger partial charge in [0.1, 0.15) is 5.41 Å². The number of hydrogen-bond donors (Lipinski definition) is 1. The van der Waals surface area contributed by atoms with Crippen molar-refractivity contribution in [3.8, 4) is 0 Å². The molecule has 3 aliphatic rings. The van der Waals surface area contributed by atoms with Crippen LogP contribution in [0.3, 0.4) is 0 Å². The quantitative estimate of drug-likeness (QED) is 0.329. The second kappa shape index (κ2) is 8.95. The van der Waals surface area contributed by atoms with Crippen LogP contribution in [-0.2, 0) is 33.9 Å². The average Bonchev–Trinajstić information content (AvgIpc) is 3.21. The van der Waals surface area contributed by atoms with Crippen LogP contribution in [0.2, 0.25) is 0 Å². The molecule has 1 aliphatic carbocycles. The van der Waals surface area contributed by atoms with E-state index in [0.29, 0.717) is 43.2 Å². The predicted octanol–water partition coefficient (Wildman–Crippen LogP) is 2.17. The highest BCUT2D eigenvalue weighted by Crippen LogP contribution is 2.57. The molecule has 3 atom stereocenters. The summed E-state index contributed by atoms with van der Waals surface area (Å²) in [5.41, 5.74) is 0.823. The molecule has 176 valence electrons. The molecule has 2 heterocycles. The molecule has 0 aromatic heterocycles. The monoisotopic (exact) mass is 449 g/mol. The van der Waals surface area contributed by atoms with E-state index in [4.69, 9.17) is 29.5 Å². The molecule has 3 unspecified atom stereocenters. The van der Waals surface area contributed by atoms with Crippen LogP contribution in [0.5, 0.6) is 0 Å². The standard InChI is InChI=1S/C22H31N3O7/c1-5-28-19(29-6-2)22-12-15-17(32-20(27)25(15)23)13-10-9-11-14(16(13)22)24(18(22)26)21(30-7-3)31-8-4/h9-11,15,17,19,21H,5-8,12,23H2,1-4H3. The number of ether oxygens (including phenoxy) is 5. The lowest BCUT2D eigenvalue weighted by atomic mass is 9.67. The summed E-state index contributed by atoms with van der Waals surface area (Å²) < 4.78 is 29.2. The Morgan fingerprint density at radius 2 is 1.69 bits per heavy atom. The number of nitrogens with zero attached hydrogens (tertiary/aromatic N) is 2. The minimum Gasteiger partial charge on any atom is -0.438 e. The van der Waals surface area contributed by atoms with Crippen molar-refractivity contribution in [2.75, 3.05) is 31.3 Å². The third-order valence-corrected chi connectivity index (χ3v) is 6.23. The van der Waals surface area contributed by atoms with Crippen LogP contribution >= 0.6 is 0 Å². The van der Waals surface area contributed by atoms with Crippen molar-refractivity contribution in [1.29, 1.82) is 0 Å². The van der Waals surface area contributed by atoms with E-state index in [-0.39, 0.29) is 12.3 Å². The molecular formula is C22H31N3O7. The molecule has 1 aromatic carbocycles. The molecule has 0 spiro atoms. The average molecular weight is 450 g/mol. The summed E-state index contributed by atoms with van der Waals surface area (Å²) in [5, 5.41) is 1.06. The van der Waals surface area contributed by atoms with Gasteiger partial charge in [0, 0.05) is 37.6 Å². The minimum atomic E-state index is -1.24.